The fraction of sp³-hybridized carbons (Fsp3) is 0.400. The average Bonchev–Trinajstić information content (AvgIpc) is 3.13. The molecule has 2 aliphatic rings. The number of halogens is 3. The average molecular weight is 451 g/mol. The molecule has 1 aromatic heterocycles. The first-order valence-electron chi connectivity index (χ1n) is 9.65. The Hall–Kier alpha value is -2.66. The molecule has 1 aromatic carbocycles. The van der Waals surface area contributed by atoms with Gasteiger partial charge in [0.25, 0.3) is 12.3 Å². The zero-order chi connectivity index (χ0) is 22.2. The van der Waals surface area contributed by atoms with Crippen LogP contribution in [0.3, 0.4) is 0 Å². The van der Waals surface area contributed by atoms with Gasteiger partial charge in [-0.1, -0.05) is 18.7 Å². The Kier molecular flexibility index (Phi) is 5.89. The summed E-state index contributed by atoms with van der Waals surface area (Å²) in [6.45, 7) is 2.19. The molecule has 0 saturated carbocycles. The number of carbonyl (C=O) groups is 1. The van der Waals surface area contributed by atoms with E-state index < -0.39 is 29.4 Å². The van der Waals surface area contributed by atoms with Crippen LogP contribution in [0.4, 0.5) is 18.9 Å². The van der Waals surface area contributed by atoms with Gasteiger partial charge in [-0.15, -0.1) is 0 Å². The molecule has 31 heavy (non-hydrogen) atoms. The molecule has 1 amide bonds. The highest BCUT2D eigenvalue weighted by molar-refractivity contribution is 8.13. The van der Waals surface area contributed by atoms with Crippen molar-refractivity contribution in [3.8, 4) is 0 Å². The second-order valence-corrected chi connectivity index (χ2v) is 8.37. The Morgan fingerprint density at radius 2 is 2.19 bits per heavy atom. The quantitative estimate of drug-likeness (QED) is 0.722. The van der Waals surface area contributed by atoms with Crippen LogP contribution in [0.1, 0.15) is 41.5 Å². The predicted molar refractivity (Wildman–Crippen MR) is 111 cm³/mol. The maximum absolute atomic E-state index is 14.9. The monoisotopic (exact) mass is 451 g/mol. The first-order valence-corrected chi connectivity index (χ1v) is 10.6. The fourth-order valence-corrected chi connectivity index (χ4v) is 5.04. The van der Waals surface area contributed by atoms with E-state index >= 15 is 0 Å². The van der Waals surface area contributed by atoms with Crippen LogP contribution in [0.15, 0.2) is 35.6 Å². The molecule has 4 rings (SSSR count). The van der Waals surface area contributed by atoms with Crippen molar-refractivity contribution in [3.63, 3.8) is 0 Å². The van der Waals surface area contributed by atoms with Gasteiger partial charge in [-0.25, -0.2) is 23.1 Å². The van der Waals surface area contributed by atoms with Crippen molar-refractivity contribution < 1.29 is 22.7 Å². The Bertz CT molecular complexity index is 1020. The van der Waals surface area contributed by atoms with Crippen molar-refractivity contribution >= 4 is 28.5 Å². The number of rotatable bonds is 5. The normalized spacial score (nSPS) is 25.3. The van der Waals surface area contributed by atoms with E-state index in [0.29, 0.717) is 16.6 Å². The number of aromatic nitrogens is 2. The van der Waals surface area contributed by atoms with Gasteiger partial charge in [0.05, 0.1) is 25.1 Å². The third kappa shape index (κ3) is 3.99. The predicted octanol–water partition coefficient (Wildman–Crippen LogP) is 3.49. The highest BCUT2D eigenvalue weighted by Gasteiger charge is 2.53. The number of nitrogens with one attached hydrogen (secondary N) is 1. The Morgan fingerprint density at radius 1 is 1.39 bits per heavy atom. The fourth-order valence-electron chi connectivity index (χ4n) is 3.97. The Balaban J connectivity index is 1.64. The maximum Gasteiger partial charge on any atom is 0.281 e. The highest BCUT2D eigenvalue weighted by atomic mass is 32.2. The molecule has 11 heteroatoms. The number of ether oxygens (including phenoxy) is 1. The molecule has 0 spiro atoms. The van der Waals surface area contributed by atoms with Crippen molar-refractivity contribution in [1.82, 2.24) is 9.97 Å². The van der Waals surface area contributed by atoms with Crippen LogP contribution in [-0.4, -0.2) is 39.5 Å². The number of aliphatic imine (C=N–C) groups is 1. The summed E-state index contributed by atoms with van der Waals surface area (Å²) in [5.74, 6) is -0.553. The van der Waals surface area contributed by atoms with Gasteiger partial charge in [-0.05, 0) is 24.6 Å². The van der Waals surface area contributed by atoms with Crippen molar-refractivity contribution in [1.29, 1.82) is 0 Å². The van der Waals surface area contributed by atoms with Crippen molar-refractivity contribution in [2.24, 2.45) is 16.6 Å². The first-order chi connectivity index (χ1) is 14.8. The van der Waals surface area contributed by atoms with Crippen molar-refractivity contribution in [3.05, 3.63) is 53.4 Å². The van der Waals surface area contributed by atoms with E-state index in [4.69, 9.17) is 10.5 Å². The molecule has 0 aliphatic carbocycles. The third-order valence-corrected chi connectivity index (χ3v) is 6.43. The summed E-state index contributed by atoms with van der Waals surface area (Å²) in [5.41, 5.74) is 4.93. The van der Waals surface area contributed by atoms with Gasteiger partial charge in [-0.2, -0.15) is 0 Å². The number of nitrogens with two attached hydrogens (primary N) is 1. The van der Waals surface area contributed by atoms with Crippen LogP contribution in [-0.2, 0) is 10.3 Å². The molecule has 3 heterocycles. The van der Waals surface area contributed by atoms with Crippen LogP contribution in [0.25, 0.3) is 0 Å². The van der Waals surface area contributed by atoms with Crippen molar-refractivity contribution in [2.75, 3.05) is 17.7 Å². The van der Waals surface area contributed by atoms with E-state index in [1.54, 1.807) is 0 Å². The number of thioether (sulfide) groups is 1. The van der Waals surface area contributed by atoms with Crippen LogP contribution >= 0.6 is 11.8 Å². The summed E-state index contributed by atoms with van der Waals surface area (Å²) in [6, 6.07) is 4.16. The van der Waals surface area contributed by atoms with Gasteiger partial charge >= 0.3 is 0 Å². The molecule has 7 nitrogen and oxygen atoms in total. The molecule has 164 valence electrons. The van der Waals surface area contributed by atoms with Gasteiger partial charge in [-0.3, -0.25) is 9.78 Å². The molecule has 3 N–H and O–H groups in total. The number of carbonyl (C=O) groups excluding carboxylic acids is 1. The summed E-state index contributed by atoms with van der Waals surface area (Å²) >= 11 is 1.41. The Morgan fingerprint density at radius 3 is 2.87 bits per heavy atom. The van der Waals surface area contributed by atoms with E-state index in [2.05, 4.69) is 20.3 Å². The lowest BCUT2D eigenvalue weighted by Crippen LogP contribution is -2.42. The van der Waals surface area contributed by atoms with Crippen LogP contribution in [0.2, 0.25) is 0 Å². The minimum atomic E-state index is -2.78. The molecule has 0 bridgehead atoms. The molecular weight excluding hydrogens is 431 g/mol. The van der Waals surface area contributed by atoms with E-state index in [0.717, 1.165) is 18.8 Å². The van der Waals surface area contributed by atoms with Crippen LogP contribution < -0.4 is 11.1 Å². The summed E-state index contributed by atoms with van der Waals surface area (Å²) in [4.78, 5) is 24.3. The molecule has 1 saturated heterocycles. The third-order valence-electron chi connectivity index (χ3n) is 5.52. The second kappa shape index (κ2) is 8.46. The number of nitrogens with zero attached hydrogens (tertiary/aromatic N) is 3. The van der Waals surface area contributed by atoms with Gasteiger partial charge in [0, 0.05) is 22.9 Å². The molecule has 2 aromatic rings. The summed E-state index contributed by atoms with van der Waals surface area (Å²) in [7, 11) is 0. The zero-order valence-electron chi connectivity index (χ0n) is 16.5. The smallest absolute Gasteiger partial charge is 0.281 e. The lowest BCUT2D eigenvalue weighted by atomic mass is 9.78. The lowest BCUT2D eigenvalue weighted by molar-refractivity contribution is 0.0904. The molecule has 0 radical (unpaired) electrons. The number of amides is 1. The second-order valence-electron chi connectivity index (χ2n) is 7.33. The van der Waals surface area contributed by atoms with E-state index in [1.807, 2.05) is 6.92 Å². The largest absolute Gasteiger partial charge is 0.379 e. The topological polar surface area (TPSA) is 102 Å². The highest BCUT2D eigenvalue weighted by Crippen LogP contribution is 2.49. The molecule has 0 unspecified atom stereocenters. The Labute approximate surface area is 180 Å². The SMILES string of the molecule is CC[C@H]1OC[C@]2(c3cc(NC(=O)c4cnc(C(F)F)cn4)ccc3F)N=C(N)SC[C@H]12. The summed E-state index contributed by atoms with van der Waals surface area (Å²) in [6.07, 6.45) is -0.287. The van der Waals surface area contributed by atoms with Crippen LogP contribution in [0.5, 0.6) is 0 Å². The standard InChI is InChI=1S/C20H20F3N5O2S/c1-2-16-12-8-31-19(24)28-20(12,9-30-16)11-5-10(3-4-13(11)21)27-18(29)15-7-25-14(6-26-15)17(22)23/h3-7,12,16-17H,2,8-9H2,1H3,(H2,24,28)(H,27,29)/t12-,16-,20-/m1/s1. The number of amidine groups is 1. The van der Waals surface area contributed by atoms with Crippen molar-refractivity contribution in [2.45, 2.75) is 31.4 Å². The number of alkyl halides is 2. The van der Waals surface area contributed by atoms with Crippen LogP contribution in [0, 0.1) is 11.7 Å². The minimum absolute atomic E-state index is 0.0667. The number of benzene rings is 1. The maximum atomic E-state index is 14.9. The number of hydrogen-bond donors (Lipinski definition) is 2. The molecule has 1 fully saturated rings. The molecule has 3 atom stereocenters. The molecule has 2 aliphatic heterocycles. The summed E-state index contributed by atoms with van der Waals surface area (Å²) in [5, 5.41) is 2.97. The van der Waals surface area contributed by atoms with Gasteiger partial charge < -0.3 is 15.8 Å². The number of fused-ring (bicyclic) bond motifs is 1. The number of anilines is 1. The lowest BCUT2D eigenvalue weighted by Gasteiger charge is -2.36. The van der Waals surface area contributed by atoms with Gasteiger partial charge in [0.2, 0.25) is 0 Å². The number of hydrogen-bond acceptors (Lipinski definition) is 7. The van der Waals surface area contributed by atoms with E-state index in [1.165, 1.54) is 30.0 Å². The minimum Gasteiger partial charge on any atom is -0.379 e. The van der Waals surface area contributed by atoms with E-state index in [-0.39, 0.29) is 29.9 Å². The van der Waals surface area contributed by atoms with Gasteiger partial charge in [0.1, 0.15) is 22.7 Å². The zero-order valence-corrected chi connectivity index (χ0v) is 17.3. The van der Waals surface area contributed by atoms with Gasteiger partial charge in [0.15, 0.2) is 5.17 Å². The van der Waals surface area contributed by atoms with E-state index in [9.17, 15) is 18.0 Å². The molecular formula is C20H20F3N5O2S. The first kappa shape index (κ1) is 21.6. The summed E-state index contributed by atoms with van der Waals surface area (Å²) < 4.78 is 46.1.